The average Bonchev–Trinajstić information content (AvgIpc) is 2.80. The number of aromatic nitrogens is 2. The van der Waals surface area contributed by atoms with Gasteiger partial charge in [0.2, 0.25) is 11.0 Å². The first kappa shape index (κ1) is 17.8. The van der Waals surface area contributed by atoms with Crippen LogP contribution >= 0.6 is 23.1 Å². The van der Waals surface area contributed by atoms with Gasteiger partial charge in [-0.15, -0.1) is 10.2 Å². The summed E-state index contributed by atoms with van der Waals surface area (Å²) in [6.45, 7) is 5.93. The fourth-order valence-corrected chi connectivity index (χ4v) is 3.50. The molecule has 0 aliphatic rings. The fourth-order valence-electron chi connectivity index (χ4n) is 1.80. The van der Waals surface area contributed by atoms with Gasteiger partial charge in [0.05, 0.1) is 0 Å². The molecule has 0 saturated heterocycles. The normalized spacial score (nSPS) is 11.5. The van der Waals surface area contributed by atoms with Crippen molar-refractivity contribution in [3.8, 4) is 0 Å². The predicted molar refractivity (Wildman–Crippen MR) is 88.5 cm³/mol. The van der Waals surface area contributed by atoms with Gasteiger partial charge in [0.25, 0.3) is 0 Å². The summed E-state index contributed by atoms with van der Waals surface area (Å²) in [4.78, 5) is 11.8. The fraction of sp³-hybridized carbons (Fsp3) is 0.400. The first-order chi connectivity index (χ1) is 10.7. The Kier molecular flexibility index (Phi) is 5.69. The highest BCUT2D eigenvalue weighted by Crippen LogP contribution is 2.29. The molecule has 0 unspecified atom stereocenters. The van der Waals surface area contributed by atoms with Gasteiger partial charge in [-0.05, 0) is 23.1 Å². The molecule has 1 aromatic carbocycles. The van der Waals surface area contributed by atoms with Crippen molar-refractivity contribution in [3.63, 3.8) is 0 Å². The highest BCUT2D eigenvalue weighted by molar-refractivity contribution is 8.00. The van der Waals surface area contributed by atoms with Crippen molar-refractivity contribution < 1.29 is 13.6 Å². The summed E-state index contributed by atoms with van der Waals surface area (Å²) < 4.78 is 26.9. The molecule has 1 aromatic heterocycles. The minimum atomic E-state index is -0.604. The van der Waals surface area contributed by atoms with E-state index in [1.807, 2.05) is 20.8 Å². The quantitative estimate of drug-likeness (QED) is 0.633. The van der Waals surface area contributed by atoms with Crippen LogP contribution in [-0.4, -0.2) is 16.1 Å². The molecule has 2 rings (SSSR count). The summed E-state index contributed by atoms with van der Waals surface area (Å²) >= 11 is 2.55. The number of hydrogen-bond donors (Lipinski definition) is 1. The molecule has 124 valence electrons. The zero-order chi connectivity index (χ0) is 17.0. The van der Waals surface area contributed by atoms with Gasteiger partial charge < -0.3 is 5.32 Å². The van der Waals surface area contributed by atoms with E-state index < -0.39 is 11.6 Å². The molecule has 23 heavy (non-hydrogen) atoms. The van der Waals surface area contributed by atoms with Crippen LogP contribution < -0.4 is 5.32 Å². The number of hydrogen-bond acceptors (Lipinski definition) is 5. The zero-order valence-electron chi connectivity index (χ0n) is 13.0. The monoisotopic (exact) mass is 357 g/mol. The first-order valence-corrected chi connectivity index (χ1v) is 8.73. The number of nitrogens with zero attached hydrogens (tertiary/aromatic N) is 2. The second kappa shape index (κ2) is 7.35. The number of carbonyl (C=O) groups is 1. The maximum Gasteiger partial charge on any atom is 0.226 e. The van der Waals surface area contributed by atoms with Crippen LogP contribution in [0.1, 0.15) is 32.8 Å². The van der Waals surface area contributed by atoms with Crippen molar-refractivity contribution in [1.29, 1.82) is 0 Å². The maximum atomic E-state index is 13.1. The Morgan fingerprint density at radius 1 is 1.22 bits per heavy atom. The Morgan fingerprint density at radius 2 is 1.87 bits per heavy atom. The number of anilines is 1. The van der Waals surface area contributed by atoms with Gasteiger partial charge in [-0.3, -0.25) is 4.79 Å². The summed E-state index contributed by atoms with van der Waals surface area (Å²) in [5, 5.41) is 11.0. The SMILES string of the molecule is CC(C)(C)CC(=O)Nc1nnc(SCc2cc(F)cc(F)c2)s1. The number of carbonyl (C=O) groups excluding carboxylic acids is 1. The van der Waals surface area contributed by atoms with Gasteiger partial charge in [0.15, 0.2) is 4.34 Å². The molecule has 2 aromatic rings. The standard InChI is InChI=1S/C15H17F2N3OS2/c1-15(2,3)7-12(21)18-13-19-20-14(23-13)22-8-9-4-10(16)6-11(17)5-9/h4-6H,7-8H2,1-3H3,(H,18,19,21). The summed E-state index contributed by atoms with van der Waals surface area (Å²) in [6.07, 6.45) is 0.387. The molecule has 1 amide bonds. The van der Waals surface area contributed by atoms with Crippen molar-refractivity contribution in [2.24, 2.45) is 5.41 Å². The second-order valence-electron chi connectivity index (χ2n) is 6.23. The highest BCUT2D eigenvalue weighted by atomic mass is 32.2. The predicted octanol–water partition coefficient (Wildman–Crippen LogP) is 4.48. The Bertz CT molecular complexity index is 678. The minimum absolute atomic E-state index is 0.103. The molecule has 1 N–H and O–H groups in total. The summed E-state index contributed by atoms with van der Waals surface area (Å²) in [5.41, 5.74) is 0.425. The number of nitrogens with one attached hydrogen (secondary N) is 1. The molecule has 0 aliphatic carbocycles. The number of amides is 1. The highest BCUT2D eigenvalue weighted by Gasteiger charge is 2.17. The number of benzene rings is 1. The lowest BCUT2D eigenvalue weighted by Crippen LogP contribution is -2.19. The molecule has 0 saturated carbocycles. The van der Waals surface area contributed by atoms with Gasteiger partial charge >= 0.3 is 0 Å². The van der Waals surface area contributed by atoms with Crippen molar-refractivity contribution >= 4 is 34.1 Å². The minimum Gasteiger partial charge on any atom is -0.300 e. The van der Waals surface area contributed by atoms with E-state index in [0.29, 0.717) is 27.2 Å². The Balaban J connectivity index is 1.91. The molecule has 0 aliphatic heterocycles. The van der Waals surface area contributed by atoms with Gasteiger partial charge in [-0.25, -0.2) is 8.78 Å². The van der Waals surface area contributed by atoms with Crippen molar-refractivity contribution in [2.45, 2.75) is 37.3 Å². The Hall–Kier alpha value is -1.54. The van der Waals surface area contributed by atoms with E-state index in [4.69, 9.17) is 0 Å². The van der Waals surface area contributed by atoms with Gasteiger partial charge in [-0.1, -0.05) is 43.9 Å². The van der Waals surface area contributed by atoms with E-state index in [-0.39, 0.29) is 11.3 Å². The van der Waals surface area contributed by atoms with Crippen LogP contribution in [0.3, 0.4) is 0 Å². The van der Waals surface area contributed by atoms with Gasteiger partial charge in [-0.2, -0.15) is 0 Å². The van der Waals surface area contributed by atoms with Crippen molar-refractivity contribution in [2.75, 3.05) is 5.32 Å². The number of halogens is 2. The number of rotatable bonds is 5. The summed E-state index contributed by atoms with van der Waals surface area (Å²) in [5.74, 6) is -0.947. The molecular weight excluding hydrogens is 340 g/mol. The van der Waals surface area contributed by atoms with Crippen molar-refractivity contribution in [1.82, 2.24) is 10.2 Å². The third-order valence-electron chi connectivity index (χ3n) is 2.63. The molecule has 0 fully saturated rings. The molecule has 0 spiro atoms. The molecule has 1 heterocycles. The van der Waals surface area contributed by atoms with E-state index in [9.17, 15) is 13.6 Å². The van der Waals surface area contributed by atoms with Crippen LogP contribution in [-0.2, 0) is 10.5 Å². The maximum absolute atomic E-state index is 13.1. The average molecular weight is 357 g/mol. The van der Waals surface area contributed by atoms with Crippen molar-refractivity contribution in [3.05, 3.63) is 35.4 Å². The molecular formula is C15H17F2N3OS2. The zero-order valence-corrected chi connectivity index (χ0v) is 14.7. The van der Waals surface area contributed by atoms with Gasteiger partial charge in [0, 0.05) is 18.2 Å². The van der Waals surface area contributed by atoms with Gasteiger partial charge in [0.1, 0.15) is 11.6 Å². The van der Waals surface area contributed by atoms with E-state index >= 15 is 0 Å². The lowest BCUT2D eigenvalue weighted by Gasteiger charge is -2.16. The third-order valence-corrected chi connectivity index (χ3v) is 4.67. The molecule has 0 atom stereocenters. The first-order valence-electron chi connectivity index (χ1n) is 6.92. The second-order valence-corrected chi connectivity index (χ2v) is 8.43. The van der Waals surface area contributed by atoms with E-state index in [1.54, 1.807) is 0 Å². The molecule has 0 bridgehead atoms. The lowest BCUT2D eigenvalue weighted by atomic mass is 9.92. The molecule has 0 radical (unpaired) electrons. The van der Waals surface area contributed by atoms with Crippen LogP contribution in [0.15, 0.2) is 22.5 Å². The van der Waals surface area contributed by atoms with Crippen LogP contribution in [0.2, 0.25) is 0 Å². The largest absolute Gasteiger partial charge is 0.300 e. The van der Waals surface area contributed by atoms with Crippen LogP contribution in [0.25, 0.3) is 0 Å². The Labute approximate surface area is 141 Å². The summed E-state index contributed by atoms with van der Waals surface area (Å²) in [6, 6.07) is 3.40. The third kappa shape index (κ3) is 6.23. The smallest absolute Gasteiger partial charge is 0.226 e. The molecule has 8 heteroatoms. The number of thioether (sulfide) groups is 1. The van der Waals surface area contributed by atoms with E-state index in [2.05, 4.69) is 15.5 Å². The van der Waals surface area contributed by atoms with Crippen LogP contribution in [0.5, 0.6) is 0 Å². The van der Waals surface area contributed by atoms with Crippen LogP contribution in [0.4, 0.5) is 13.9 Å². The Morgan fingerprint density at radius 3 is 2.48 bits per heavy atom. The lowest BCUT2D eigenvalue weighted by molar-refractivity contribution is -0.117. The molecule has 4 nitrogen and oxygen atoms in total. The van der Waals surface area contributed by atoms with E-state index in [1.165, 1.54) is 35.2 Å². The van der Waals surface area contributed by atoms with E-state index in [0.717, 1.165) is 6.07 Å². The topological polar surface area (TPSA) is 54.9 Å². The van der Waals surface area contributed by atoms with Crippen LogP contribution in [0, 0.1) is 17.0 Å². The summed E-state index contributed by atoms with van der Waals surface area (Å²) in [7, 11) is 0.